The normalized spacial score (nSPS) is 23.7. The maximum absolute atomic E-state index is 13.6. The monoisotopic (exact) mass is 496 g/mol. The third-order valence-electron chi connectivity index (χ3n) is 7.31. The summed E-state index contributed by atoms with van der Waals surface area (Å²) in [6.45, 7) is 5.55. The maximum atomic E-state index is 13.6. The van der Waals surface area contributed by atoms with E-state index in [0.29, 0.717) is 62.5 Å². The fraction of sp³-hybridized carbons (Fsp3) is 0.556. The third kappa shape index (κ3) is 5.61. The quantitative estimate of drug-likeness (QED) is 0.662. The van der Waals surface area contributed by atoms with Crippen LogP contribution in [0.4, 0.5) is 0 Å². The first-order chi connectivity index (χ1) is 17.3. The van der Waals surface area contributed by atoms with Crippen molar-refractivity contribution in [3.05, 3.63) is 35.9 Å². The number of methoxy groups -OCH3 is 1. The summed E-state index contributed by atoms with van der Waals surface area (Å²) in [5, 5.41) is 6.62. The van der Waals surface area contributed by atoms with Gasteiger partial charge in [0.25, 0.3) is 5.91 Å². The van der Waals surface area contributed by atoms with E-state index in [2.05, 4.69) is 15.6 Å². The molecule has 194 valence electrons. The van der Waals surface area contributed by atoms with Crippen LogP contribution in [0.3, 0.4) is 0 Å². The Balaban J connectivity index is 1.51. The van der Waals surface area contributed by atoms with Gasteiger partial charge in [0, 0.05) is 37.2 Å². The lowest BCUT2D eigenvalue weighted by molar-refractivity contribution is -0.137. The molecule has 36 heavy (non-hydrogen) atoms. The molecule has 2 aliphatic rings. The molecule has 0 radical (unpaired) electrons. The number of rotatable bonds is 2. The number of pyridine rings is 1. The van der Waals surface area contributed by atoms with Crippen molar-refractivity contribution in [2.75, 3.05) is 33.4 Å². The van der Waals surface area contributed by atoms with Crippen molar-refractivity contribution in [2.24, 2.45) is 5.41 Å². The number of para-hydroxylation sites is 1. The van der Waals surface area contributed by atoms with E-state index in [1.54, 1.807) is 13.0 Å². The highest BCUT2D eigenvalue weighted by Crippen LogP contribution is 2.38. The summed E-state index contributed by atoms with van der Waals surface area (Å²) in [5.74, 6) is -0.0352. The Kier molecular flexibility index (Phi) is 8.08. The number of nitrogens with zero attached hydrogens (tertiary/aromatic N) is 2. The number of carbonyl (C=O) groups excluding carboxylic acids is 3. The van der Waals surface area contributed by atoms with Crippen molar-refractivity contribution in [1.29, 1.82) is 0 Å². The standard InChI is InChI=1S/C27H36N4O5/c1-18-17-36-15-7-6-10-27(26(34)29-19(2)24(32)28-18)11-13-31(14-12-27)25(33)21-16-23(35-3)30-22-9-5-4-8-20(21)22/h4-5,8-9,16,18-19H,6-7,10-15,17H2,1-3H3,(H,28,32)(H,29,34)/t18-,19-/m0/s1. The molecule has 2 N–H and O–H groups in total. The van der Waals surface area contributed by atoms with Crippen LogP contribution in [0.2, 0.25) is 0 Å². The predicted octanol–water partition coefficient (Wildman–Crippen LogP) is 2.68. The number of aromatic nitrogens is 1. The highest BCUT2D eigenvalue weighted by atomic mass is 16.5. The summed E-state index contributed by atoms with van der Waals surface area (Å²) < 4.78 is 11.0. The topological polar surface area (TPSA) is 110 Å². The number of ether oxygens (including phenoxy) is 2. The minimum absolute atomic E-state index is 0.0954. The molecular formula is C27H36N4O5. The van der Waals surface area contributed by atoms with Gasteiger partial charge in [-0.05, 0) is 45.6 Å². The lowest BCUT2D eigenvalue weighted by Gasteiger charge is -2.41. The molecule has 3 heterocycles. The molecule has 1 aromatic heterocycles. The maximum Gasteiger partial charge on any atom is 0.254 e. The number of amides is 3. The summed E-state index contributed by atoms with van der Waals surface area (Å²) in [6, 6.07) is 8.43. The van der Waals surface area contributed by atoms with Crippen molar-refractivity contribution in [3.63, 3.8) is 0 Å². The molecule has 3 amide bonds. The first kappa shape index (κ1) is 25.9. The molecule has 2 fully saturated rings. The van der Waals surface area contributed by atoms with Gasteiger partial charge >= 0.3 is 0 Å². The van der Waals surface area contributed by atoms with E-state index < -0.39 is 11.5 Å². The van der Waals surface area contributed by atoms with E-state index in [1.165, 1.54) is 7.11 Å². The van der Waals surface area contributed by atoms with Crippen LogP contribution < -0.4 is 15.4 Å². The second-order valence-corrected chi connectivity index (χ2v) is 9.94. The van der Waals surface area contributed by atoms with Gasteiger partial charge in [-0.1, -0.05) is 24.6 Å². The average molecular weight is 497 g/mol. The van der Waals surface area contributed by atoms with Gasteiger partial charge in [0.15, 0.2) is 0 Å². The molecule has 4 rings (SSSR count). The van der Waals surface area contributed by atoms with E-state index >= 15 is 0 Å². The fourth-order valence-electron chi connectivity index (χ4n) is 5.08. The lowest BCUT2D eigenvalue weighted by Crippen LogP contribution is -2.55. The minimum atomic E-state index is -0.645. The Morgan fingerprint density at radius 3 is 2.61 bits per heavy atom. The molecular weight excluding hydrogens is 460 g/mol. The van der Waals surface area contributed by atoms with Gasteiger partial charge in [-0.25, -0.2) is 4.98 Å². The Bertz CT molecular complexity index is 1110. The van der Waals surface area contributed by atoms with Gasteiger partial charge in [-0.15, -0.1) is 0 Å². The second kappa shape index (κ2) is 11.2. The number of piperidine rings is 1. The molecule has 2 atom stereocenters. The van der Waals surface area contributed by atoms with Crippen LogP contribution in [-0.2, 0) is 14.3 Å². The van der Waals surface area contributed by atoms with Crippen LogP contribution in [0.25, 0.3) is 10.9 Å². The molecule has 0 saturated carbocycles. The van der Waals surface area contributed by atoms with Crippen LogP contribution >= 0.6 is 0 Å². The molecule has 2 aromatic rings. The summed E-state index contributed by atoms with van der Waals surface area (Å²) in [4.78, 5) is 45.9. The first-order valence-electron chi connectivity index (χ1n) is 12.7. The number of fused-ring (bicyclic) bond motifs is 1. The minimum Gasteiger partial charge on any atom is -0.481 e. The Labute approximate surface area is 211 Å². The van der Waals surface area contributed by atoms with Crippen LogP contribution in [-0.4, -0.2) is 73.1 Å². The molecule has 0 unspecified atom stereocenters. The van der Waals surface area contributed by atoms with E-state index in [-0.39, 0.29) is 23.8 Å². The van der Waals surface area contributed by atoms with Gasteiger partial charge in [0.05, 0.1) is 30.2 Å². The fourth-order valence-corrected chi connectivity index (χ4v) is 5.08. The van der Waals surface area contributed by atoms with E-state index in [1.807, 2.05) is 36.1 Å². The summed E-state index contributed by atoms with van der Waals surface area (Å²) >= 11 is 0. The number of benzene rings is 1. The molecule has 9 heteroatoms. The van der Waals surface area contributed by atoms with Gasteiger partial charge in [0.1, 0.15) is 6.04 Å². The summed E-state index contributed by atoms with van der Waals surface area (Å²) in [6.07, 6.45) is 3.46. The second-order valence-electron chi connectivity index (χ2n) is 9.94. The van der Waals surface area contributed by atoms with Crippen LogP contribution in [0.5, 0.6) is 5.88 Å². The molecule has 2 aliphatic heterocycles. The number of nitrogens with one attached hydrogen (secondary N) is 2. The van der Waals surface area contributed by atoms with Gasteiger partial charge in [-0.2, -0.15) is 0 Å². The van der Waals surface area contributed by atoms with Crippen molar-refractivity contribution in [1.82, 2.24) is 20.5 Å². The van der Waals surface area contributed by atoms with Crippen molar-refractivity contribution in [2.45, 2.75) is 58.0 Å². The summed E-state index contributed by atoms with van der Waals surface area (Å²) in [5.41, 5.74) is 0.625. The summed E-state index contributed by atoms with van der Waals surface area (Å²) in [7, 11) is 1.53. The molecule has 1 aromatic carbocycles. The van der Waals surface area contributed by atoms with E-state index in [4.69, 9.17) is 9.47 Å². The Morgan fingerprint density at radius 1 is 1.11 bits per heavy atom. The van der Waals surface area contributed by atoms with Crippen LogP contribution in [0, 0.1) is 5.41 Å². The Morgan fingerprint density at radius 2 is 1.86 bits per heavy atom. The molecule has 2 saturated heterocycles. The van der Waals surface area contributed by atoms with Gasteiger partial charge < -0.3 is 25.0 Å². The zero-order valence-electron chi connectivity index (χ0n) is 21.3. The van der Waals surface area contributed by atoms with Crippen molar-refractivity contribution >= 4 is 28.6 Å². The lowest BCUT2D eigenvalue weighted by atomic mass is 9.73. The molecule has 9 nitrogen and oxygen atoms in total. The van der Waals surface area contributed by atoms with Gasteiger partial charge in [-0.3, -0.25) is 14.4 Å². The predicted molar refractivity (Wildman–Crippen MR) is 136 cm³/mol. The van der Waals surface area contributed by atoms with E-state index in [9.17, 15) is 14.4 Å². The molecule has 0 aliphatic carbocycles. The SMILES string of the molecule is COc1cc(C(=O)N2CCC3(CCCCOC[C@H](C)NC(=O)[C@H](C)NC3=O)CC2)c2ccccc2n1. The number of likely N-dealkylation sites (tertiary alicyclic amines) is 1. The smallest absolute Gasteiger partial charge is 0.254 e. The number of hydrogen-bond acceptors (Lipinski definition) is 6. The van der Waals surface area contributed by atoms with Crippen LogP contribution in [0.1, 0.15) is 56.3 Å². The van der Waals surface area contributed by atoms with E-state index in [0.717, 1.165) is 18.2 Å². The van der Waals surface area contributed by atoms with Crippen molar-refractivity contribution in [3.8, 4) is 5.88 Å². The van der Waals surface area contributed by atoms with Crippen molar-refractivity contribution < 1.29 is 23.9 Å². The zero-order chi connectivity index (χ0) is 25.7. The molecule has 1 spiro atoms. The largest absolute Gasteiger partial charge is 0.481 e. The number of hydrogen-bond donors (Lipinski definition) is 2. The number of carbonyl (C=O) groups is 3. The average Bonchev–Trinajstić information content (AvgIpc) is 2.89. The van der Waals surface area contributed by atoms with Crippen LogP contribution in [0.15, 0.2) is 30.3 Å². The van der Waals surface area contributed by atoms with Gasteiger partial charge in [0.2, 0.25) is 17.7 Å². The highest BCUT2D eigenvalue weighted by molar-refractivity contribution is 6.06. The highest BCUT2D eigenvalue weighted by Gasteiger charge is 2.43. The Hall–Kier alpha value is -3.20. The third-order valence-corrected chi connectivity index (χ3v) is 7.31. The first-order valence-corrected chi connectivity index (χ1v) is 12.7. The zero-order valence-corrected chi connectivity index (χ0v) is 21.3. The molecule has 0 bridgehead atoms.